The minimum atomic E-state index is -4.68. The highest BCUT2D eigenvalue weighted by Crippen LogP contribution is 2.32. The summed E-state index contributed by atoms with van der Waals surface area (Å²) in [4.78, 5) is 32.5. The van der Waals surface area contributed by atoms with Crippen molar-refractivity contribution in [3.05, 3.63) is 47.8 Å². The van der Waals surface area contributed by atoms with Crippen LogP contribution in [0.15, 0.2) is 30.7 Å². The van der Waals surface area contributed by atoms with Crippen molar-refractivity contribution in [2.75, 3.05) is 18.4 Å². The summed E-state index contributed by atoms with van der Waals surface area (Å²) in [5, 5.41) is 4.74. The number of nitrogens with one attached hydrogen (secondary N) is 3. The van der Waals surface area contributed by atoms with E-state index in [1.165, 1.54) is 12.5 Å². The molecule has 1 atom stereocenters. The number of aromatic nitrogens is 2. The SMILES string of the molecule is O=C1NCCN(C(=O)Nc2cc(C(F)(F)F)ccc2F)[C@@H]1Cc1cnc[nH]1. The van der Waals surface area contributed by atoms with E-state index < -0.39 is 41.2 Å². The number of carbonyl (C=O) groups is 2. The minimum Gasteiger partial charge on any atom is -0.353 e. The number of amides is 3. The molecule has 7 nitrogen and oxygen atoms in total. The topological polar surface area (TPSA) is 90.1 Å². The molecule has 1 aromatic heterocycles. The van der Waals surface area contributed by atoms with Gasteiger partial charge in [0.15, 0.2) is 0 Å². The average Bonchev–Trinajstić information content (AvgIpc) is 3.10. The van der Waals surface area contributed by atoms with Gasteiger partial charge in [-0.1, -0.05) is 0 Å². The largest absolute Gasteiger partial charge is 0.416 e. The van der Waals surface area contributed by atoms with E-state index in [0.29, 0.717) is 23.9 Å². The molecule has 1 fully saturated rings. The van der Waals surface area contributed by atoms with Crippen LogP contribution in [0, 0.1) is 5.82 Å². The lowest BCUT2D eigenvalue weighted by atomic mass is 10.1. The summed E-state index contributed by atoms with van der Waals surface area (Å²) in [7, 11) is 0. The third-order valence-electron chi connectivity index (χ3n) is 4.10. The van der Waals surface area contributed by atoms with Crippen LogP contribution in [0.1, 0.15) is 11.3 Å². The Balaban J connectivity index is 1.80. The molecule has 2 aromatic rings. The van der Waals surface area contributed by atoms with Gasteiger partial charge in [-0.15, -0.1) is 0 Å². The van der Waals surface area contributed by atoms with E-state index in [9.17, 15) is 27.2 Å². The van der Waals surface area contributed by atoms with Crippen molar-refractivity contribution in [3.8, 4) is 0 Å². The first-order valence-electron chi connectivity index (χ1n) is 7.95. The molecule has 1 aliphatic heterocycles. The van der Waals surface area contributed by atoms with Crippen LogP contribution in [0.2, 0.25) is 0 Å². The number of benzene rings is 1. The molecule has 144 valence electrons. The number of aromatic amines is 1. The number of carbonyl (C=O) groups excluding carboxylic acids is 2. The normalized spacial score (nSPS) is 17.6. The molecule has 11 heteroatoms. The van der Waals surface area contributed by atoms with E-state index >= 15 is 0 Å². The maximum absolute atomic E-state index is 13.9. The number of H-pyrrole nitrogens is 1. The molecule has 3 N–H and O–H groups in total. The van der Waals surface area contributed by atoms with E-state index in [2.05, 4.69) is 20.6 Å². The fourth-order valence-corrected chi connectivity index (χ4v) is 2.75. The van der Waals surface area contributed by atoms with Gasteiger partial charge in [-0.3, -0.25) is 4.79 Å². The third-order valence-corrected chi connectivity index (χ3v) is 4.10. The molecule has 0 spiro atoms. The summed E-state index contributed by atoms with van der Waals surface area (Å²) < 4.78 is 52.3. The van der Waals surface area contributed by atoms with Gasteiger partial charge in [-0.25, -0.2) is 14.2 Å². The predicted octanol–water partition coefficient (Wildman–Crippen LogP) is 2.14. The van der Waals surface area contributed by atoms with E-state index in [0.717, 1.165) is 4.90 Å². The highest BCUT2D eigenvalue weighted by atomic mass is 19.4. The Morgan fingerprint density at radius 2 is 2.15 bits per heavy atom. The van der Waals surface area contributed by atoms with Gasteiger partial charge in [0.05, 0.1) is 17.6 Å². The van der Waals surface area contributed by atoms with Gasteiger partial charge < -0.3 is 20.5 Å². The summed E-state index contributed by atoms with van der Waals surface area (Å²) in [5.41, 5.74) is -1.11. The second-order valence-corrected chi connectivity index (χ2v) is 5.90. The number of hydrogen-bond acceptors (Lipinski definition) is 3. The first-order chi connectivity index (χ1) is 12.8. The average molecular weight is 385 g/mol. The number of piperazine rings is 1. The Morgan fingerprint density at radius 1 is 1.37 bits per heavy atom. The molecule has 0 bridgehead atoms. The van der Waals surface area contributed by atoms with Crippen LogP contribution in [0.25, 0.3) is 0 Å². The molecule has 0 aliphatic carbocycles. The second-order valence-electron chi connectivity index (χ2n) is 5.90. The first kappa shape index (κ1) is 18.7. The number of nitrogens with zero attached hydrogens (tertiary/aromatic N) is 2. The van der Waals surface area contributed by atoms with Gasteiger partial charge in [0.1, 0.15) is 11.9 Å². The lowest BCUT2D eigenvalue weighted by molar-refractivity contribution is -0.137. The summed E-state index contributed by atoms with van der Waals surface area (Å²) in [6, 6.07) is -0.0500. The standard InChI is InChI=1S/C16H15F4N5O2/c17-11-2-1-9(16(18,19)20)5-12(11)24-15(27)25-4-3-22-14(26)13(25)6-10-7-21-8-23-10/h1-2,5,7-8,13H,3-4,6H2,(H,21,23)(H,22,26)(H,24,27)/t13-/m1/s1. The van der Waals surface area contributed by atoms with Gasteiger partial charge in [0, 0.05) is 31.4 Å². The number of halogens is 4. The van der Waals surface area contributed by atoms with E-state index in [1.807, 2.05) is 0 Å². The zero-order chi connectivity index (χ0) is 19.6. The first-order valence-corrected chi connectivity index (χ1v) is 7.95. The summed E-state index contributed by atoms with van der Waals surface area (Å²) in [5.74, 6) is -1.43. The van der Waals surface area contributed by atoms with Gasteiger partial charge in [0.25, 0.3) is 0 Å². The van der Waals surface area contributed by atoms with Crippen LogP contribution in [-0.4, -0.2) is 45.9 Å². The number of anilines is 1. The number of rotatable bonds is 3. The van der Waals surface area contributed by atoms with Gasteiger partial charge in [0.2, 0.25) is 5.91 Å². The molecule has 0 unspecified atom stereocenters. The zero-order valence-corrected chi connectivity index (χ0v) is 13.8. The molecule has 27 heavy (non-hydrogen) atoms. The predicted molar refractivity (Wildman–Crippen MR) is 86.2 cm³/mol. The van der Waals surface area contributed by atoms with Crippen LogP contribution in [0.5, 0.6) is 0 Å². The van der Waals surface area contributed by atoms with Crippen LogP contribution in [0.4, 0.5) is 28.0 Å². The number of imidazole rings is 1. The van der Waals surface area contributed by atoms with Crippen molar-refractivity contribution in [1.82, 2.24) is 20.2 Å². The summed E-state index contributed by atoms with van der Waals surface area (Å²) >= 11 is 0. The Bertz CT molecular complexity index is 838. The van der Waals surface area contributed by atoms with Crippen molar-refractivity contribution in [2.24, 2.45) is 0 Å². The van der Waals surface area contributed by atoms with Gasteiger partial charge in [-0.05, 0) is 18.2 Å². The molecule has 3 rings (SSSR count). The monoisotopic (exact) mass is 385 g/mol. The molecule has 0 saturated carbocycles. The van der Waals surface area contributed by atoms with Crippen molar-refractivity contribution < 1.29 is 27.2 Å². The second kappa shape index (κ2) is 7.25. The Morgan fingerprint density at radius 3 is 2.81 bits per heavy atom. The lowest BCUT2D eigenvalue weighted by Gasteiger charge is -2.34. The molecular weight excluding hydrogens is 370 g/mol. The Hall–Kier alpha value is -3.11. The lowest BCUT2D eigenvalue weighted by Crippen LogP contribution is -2.59. The zero-order valence-electron chi connectivity index (χ0n) is 13.8. The molecule has 2 heterocycles. The maximum atomic E-state index is 13.9. The summed E-state index contributed by atoms with van der Waals surface area (Å²) in [6.07, 6.45) is -1.64. The quantitative estimate of drug-likeness (QED) is 0.708. The molecular formula is C16H15F4N5O2. The molecule has 0 radical (unpaired) electrons. The highest BCUT2D eigenvalue weighted by Gasteiger charge is 2.35. The molecule has 1 aliphatic rings. The van der Waals surface area contributed by atoms with Crippen molar-refractivity contribution in [2.45, 2.75) is 18.6 Å². The van der Waals surface area contributed by atoms with Gasteiger partial charge >= 0.3 is 12.2 Å². The maximum Gasteiger partial charge on any atom is 0.416 e. The Kier molecular flexibility index (Phi) is 5.02. The van der Waals surface area contributed by atoms with Crippen molar-refractivity contribution in [1.29, 1.82) is 0 Å². The Labute approximate surface area is 150 Å². The fraction of sp³-hybridized carbons (Fsp3) is 0.312. The van der Waals surface area contributed by atoms with Crippen LogP contribution in [-0.2, 0) is 17.4 Å². The fourth-order valence-electron chi connectivity index (χ4n) is 2.75. The molecule has 1 saturated heterocycles. The van der Waals surface area contributed by atoms with E-state index in [4.69, 9.17) is 0 Å². The number of urea groups is 1. The third kappa shape index (κ3) is 4.18. The molecule has 1 aromatic carbocycles. The number of hydrogen-bond donors (Lipinski definition) is 3. The van der Waals surface area contributed by atoms with Gasteiger partial charge in [-0.2, -0.15) is 13.2 Å². The van der Waals surface area contributed by atoms with E-state index in [1.54, 1.807) is 0 Å². The van der Waals surface area contributed by atoms with Crippen molar-refractivity contribution >= 4 is 17.6 Å². The van der Waals surface area contributed by atoms with E-state index in [-0.39, 0.29) is 19.5 Å². The van der Waals surface area contributed by atoms with Crippen LogP contribution >= 0.6 is 0 Å². The molecule has 3 amide bonds. The summed E-state index contributed by atoms with van der Waals surface area (Å²) in [6.45, 7) is 0.299. The smallest absolute Gasteiger partial charge is 0.353 e. The van der Waals surface area contributed by atoms with Crippen molar-refractivity contribution in [3.63, 3.8) is 0 Å². The minimum absolute atomic E-state index is 0.122. The van der Waals surface area contributed by atoms with Crippen LogP contribution < -0.4 is 10.6 Å². The van der Waals surface area contributed by atoms with Crippen LogP contribution in [0.3, 0.4) is 0 Å². The highest BCUT2D eigenvalue weighted by molar-refractivity contribution is 5.94. The number of alkyl halides is 3.